The zero-order chi connectivity index (χ0) is 11.8. The lowest BCUT2D eigenvalue weighted by Crippen LogP contribution is -2.09. The summed E-state index contributed by atoms with van der Waals surface area (Å²) in [5.74, 6) is -0.226. The van der Waals surface area contributed by atoms with Crippen LogP contribution < -0.4 is 0 Å². The maximum atomic E-state index is 10.7. The fourth-order valence-corrected chi connectivity index (χ4v) is 1.37. The van der Waals surface area contributed by atoms with E-state index in [2.05, 4.69) is 26.8 Å². The smallest absolute Gasteiger partial charge is 0.303 e. The molecule has 0 N–H and O–H groups in total. The topological polar surface area (TPSA) is 26.3 Å². The van der Waals surface area contributed by atoms with Crippen molar-refractivity contribution in [3.8, 4) is 0 Å². The molecule has 15 heavy (non-hydrogen) atoms. The molecule has 0 aromatic carbocycles. The average Bonchev–Trinajstić information content (AvgIpc) is 2.00. The number of hydrogen-bond acceptors (Lipinski definition) is 2. The van der Waals surface area contributed by atoms with Crippen molar-refractivity contribution >= 4 is 5.97 Å². The van der Waals surface area contributed by atoms with Crippen molar-refractivity contribution in [1.82, 2.24) is 0 Å². The molecule has 0 saturated heterocycles. The lowest BCUT2D eigenvalue weighted by Gasteiger charge is -2.08. The minimum atomic E-state index is -0.226. The number of hydrogen-bond donors (Lipinski definition) is 0. The predicted octanol–water partition coefficient (Wildman–Crippen LogP) is 3.63. The Labute approximate surface area is 93.0 Å². The zero-order valence-electron chi connectivity index (χ0n) is 10.5. The maximum absolute atomic E-state index is 10.7. The van der Waals surface area contributed by atoms with E-state index in [-0.39, 0.29) is 12.1 Å². The Morgan fingerprint density at radius 2 is 1.87 bits per heavy atom. The third-order valence-electron chi connectivity index (χ3n) is 1.96. The molecule has 0 aromatic rings. The largest absolute Gasteiger partial charge is 0.459 e. The molecule has 0 aliphatic heterocycles. The van der Waals surface area contributed by atoms with E-state index in [4.69, 9.17) is 4.74 Å². The molecule has 0 heterocycles. The van der Waals surface area contributed by atoms with Gasteiger partial charge in [-0.1, -0.05) is 17.2 Å². The first-order valence-electron chi connectivity index (χ1n) is 5.39. The number of carbonyl (C=O) groups excluding carboxylic acids is 1. The summed E-state index contributed by atoms with van der Waals surface area (Å²) in [5.41, 5.74) is 2.61. The molecule has 0 rings (SSSR count). The SMILES string of the molecule is CC(=O)OC(C)/C=C(/C)CCC=C(C)C. The summed E-state index contributed by atoms with van der Waals surface area (Å²) in [6, 6.07) is 0. The van der Waals surface area contributed by atoms with E-state index in [0.717, 1.165) is 12.8 Å². The highest BCUT2D eigenvalue weighted by molar-refractivity contribution is 5.66. The first-order valence-corrected chi connectivity index (χ1v) is 5.39. The van der Waals surface area contributed by atoms with Gasteiger partial charge in [0.2, 0.25) is 0 Å². The minimum absolute atomic E-state index is 0.116. The van der Waals surface area contributed by atoms with Gasteiger partial charge < -0.3 is 4.74 Å². The van der Waals surface area contributed by atoms with Crippen molar-refractivity contribution in [2.45, 2.75) is 53.6 Å². The van der Waals surface area contributed by atoms with Gasteiger partial charge in [-0.05, 0) is 46.6 Å². The zero-order valence-corrected chi connectivity index (χ0v) is 10.5. The summed E-state index contributed by atoms with van der Waals surface area (Å²) < 4.78 is 5.02. The van der Waals surface area contributed by atoms with Gasteiger partial charge in [-0.25, -0.2) is 0 Å². The Bertz CT molecular complexity index is 258. The molecule has 0 saturated carbocycles. The molecule has 86 valence electrons. The normalized spacial score (nSPS) is 13.3. The molecule has 1 unspecified atom stereocenters. The van der Waals surface area contributed by atoms with Gasteiger partial charge >= 0.3 is 5.97 Å². The Morgan fingerprint density at radius 3 is 2.33 bits per heavy atom. The van der Waals surface area contributed by atoms with Gasteiger partial charge in [0.15, 0.2) is 0 Å². The maximum Gasteiger partial charge on any atom is 0.303 e. The summed E-state index contributed by atoms with van der Waals surface area (Å²) in [6.45, 7) is 9.58. The van der Waals surface area contributed by atoms with Crippen LogP contribution in [0.4, 0.5) is 0 Å². The minimum Gasteiger partial charge on any atom is -0.459 e. The second kappa shape index (κ2) is 7.27. The van der Waals surface area contributed by atoms with Crippen LogP contribution in [0.5, 0.6) is 0 Å². The Balaban J connectivity index is 3.97. The molecule has 0 spiro atoms. The van der Waals surface area contributed by atoms with Gasteiger partial charge in [0.1, 0.15) is 6.10 Å². The highest BCUT2D eigenvalue weighted by Crippen LogP contribution is 2.08. The second-order valence-corrected chi connectivity index (χ2v) is 4.15. The van der Waals surface area contributed by atoms with Crippen molar-refractivity contribution in [3.05, 3.63) is 23.3 Å². The van der Waals surface area contributed by atoms with E-state index >= 15 is 0 Å². The molecular weight excluding hydrogens is 188 g/mol. The lowest BCUT2D eigenvalue weighted by atomic mass is 10.1. The van der Waals surface area contributed by atoms with Crippen LogP contribution in [0.1, 0.15) is 47.5 Å². The standard InChI is InChI=1S/C13H22O2/c1-10(2)7-6-8-11(3)9-12(4)15-13(5)14/h7,9,12H,6,8H2,1-5H3/b11-9-. The Hall–Kier alpha value is -1.05. The lowest BCUT2D eigenvalue weighted by molar-refractivity contribution is -0.143. The van der Waals surface area contributed by atoms with E-state index in [9.17, 15) is 4.79 Å². The Kier molecular flexibility index (Phi) is 6.76. The van der Waals surface area contributed by atoms with Gasteiger partial charge in [0.05, 0.1) is 0 Å². The summed E-state index contributed by atoms with van der Waals surface area (Å²) in [5, 5.41) is 0. The van der Waals surface area contributed by atoms with Crippen molar-refractivity contribution in [2.24, 2.45) is 0 Å². The van der Waals surface area contributed by atoms with Gasteiger partial charge in [-0.2, -0.15) is 0 Å². The van der Waals surface area contributed by atoms with Crippen LogP contribution in [-0.4, -0.2) is 12.1 Å². The molecule has 1 atom stereocenters. The molecule has 0 aromatic heterocycles. The van der Waals surface area contributed by atoms with E-state index < -0.39 is 0 Å². The van der Waals surface area contributed by atoms with Crippen molar-refractivity contribution in [2.75, 3.05) is 0 Å². The molecule has 0 bridgehead atoms. The van der Waals surface area contributed by atoms with Gasteiger partial charge in [0.25, 0.3) is 0 Å². The molecule has 0 amide bonds. The molecule has 0 radical (unpaired) electrons. The number of esters is 1. The summed E-state index contributed by atoms with van der Waals surface area (Å²) in [6.07, 6.45) is 6.18. The van der Waals surface area contributed by atoms with Crippen molar-refractivity contribution < 1.29 is 9.53 Å². The molecule has 0 aliphatic carbocycles. The van der Waals surface area contributed by atoms with Crippen LogP contribution in [0.2, 0.25) is 0 Å². The first kappa shape index (κ1) is 13.9. The van der Waals surface area contributed by atoms with E-state index in [1.54, 1.807) is 0 Å². The van der Waals surface area contributed by atoms with Crippen LogP contribution >= 0.6 is 0 Å². The molecular formula is C13H22O2. The van der Waals surface area contributed by atoms with E-state index in [1.807, 2.05) is 13.0 Å². The second-order valence-electron chi connectivity index (χ2n) is 4.15. The number of allylic oxidation sites excluding steroid dienone is 3. The van der Waals surface area contributed by atoms with Crippen LogP contribution in [0.15, 0.2) is 23.3 Å². The number of carbonyl (C=O) groups is 1. The Morgan fingerprint density at radius 1 is 1.27 bits per heavy atom. The molecule has 0 fully saturated rings. The average molecular weight is 210 g/mol. The summed E-state index contributed by atoms with van der Waals surface area (Å²) >= 11 is 0. The van der Waals surface area contributed by atoms with Crippen LogP contribution in [0, 0.1) is 0 Å². The molecule has 2 nitrogen and oxygen atoms in total. The highest BCUT2D eigenvalue weighted by atomic mass is 16.5. The van der Waals surface area contributed by atoms with Gasteiger partial charge in [-0.15, -0.1) is 0 Å². The highest BCUT2D eigenvalue weighted by Gasteiger charge is 2.01. The predicted molar refractivity (Wildman–Crippen MR) is 63.7 cm³/mol. The fourth-order valence-electron chi connectivity index (χ4n) is 1.37. The van der Waals surface area contributed by atoms with Gasteiger partial charge in [-0.3, -0.25) is 4.79 Å². The van der Waals surface area contributed by atoms with Crippen molar-refractivity contribution in [1.29, 1.82) is 0 Å². The quantitative estimate of drug-likeness (QED) is 0.511. The monoisotopic (exact) mass is 210 g/mol. The fraction of sp³-hybridized carbons (Fsp3) is 0.615. The van der Waals surface area contributed by atoms with Crippen LogP contribution in [-0.2, 0) is 9.53 Å². The van der Waals surface area contributed by atoms with Crippen LogP contribution in [0.3, 0.4) is 0 Å². The molecule has 2 heteroatoms. The first-order chi connectivity index (χ1) is 6.91. The van der Waals surface area contributed by atoms with Crippen LogP contribution in [0.25, 0.3) is 0 Å². The van der Waals surface area contributed by atoms with E-state index in [0.29, 0.717) is 0 Å². The third kappa shape index (κ3) is 9.26. The third-order valence-corrected chi connectivity index (χ3v) is 1.96. The number of ether oxygens (including phenoxy) is 1. The molecule has 0 aliphatic rings. The summed E-state index contributed by atoms with van der Waals surface area (Å²) in [7, 11) is 0. The summed E-state index contributed by atoms with van der Waals surface area (Å²) in [4.78, 5) is 10.7. The van der Waals surface area contributed by atoms with E-state index in [1.165, 1.54) is 18.1 Å². The van der Waals surface area contributed by atoms with Gasteiger partial charge in [0, 0.05) is 6.92 Å². The number of rotatable bonds is 5. The van der Waals surface area contributed by atoms with Crippen molar-refractivity contribution in [3.63, 3.8) is 0 Å².